The van der Waals surface area contributed by atoms with E-state index in [1.807, 2.05) is 50.2 Å². The van der Waals surface area contributed by atoms with E-state index in [1.165, 1.54) is 31.4 Å². The van der Waals surface area contributed by atoms with Crippen molar-refractivity contribution in [3.8, 4) is 0 Å². The van der Waals surface area contributed by atoms with Crippen LogP contribution in [0.2, 0.25) is 0 Å². The van der Waals surface area contributed by atoms with Crippen LogP contribution in [-0.2, 0) is 12.3 Å². The second-order valence-corrected chi connectivity index (χ2v) is 9.57. The Labute approximate surface area is 194 Å². The number of carbonyl (C=O) groups is 1. The van der Waals surface area contributed by atoms with Gasteiger partial charge in [0.05, 0.1) is 11.3 Å². The molecule has 2 aromatic carbocycles. The zero-order valence-electron chi connectivity index (χ0n) is 19.1. The van der Waals surface area contributed by atoms with Gasteiger partial charge < -0.3 is 9.84 Å². The summed E-state index contributed by atoms with van der Waals surface area (Å²) in [5, 5.41) is 7.08. The molecule has 4 rings (SSSR count). The van der Waals surface area contributed by atoms with Crippen LogP contribution in [0.4, 0.5) is 5.69 Å². The molecule has 0 saturated carbocycles. The van der Waals surface area contributed by atoms with E-state index < -0.39 is 0 Å². The van der Waals surface area contributed by atoms with E-state index in [-0.39, 0.29) is 5.91 Å². The Balaban J connectivity index is 1.39. The highest BCUT2D eigenvalue weighted by Crippen LogP contribution is 2.29. The van der Waals surface area contributed by atoms with Crippen LogP contribution < -0.4 is 5.32 Å². The van der Waals surface area contributed by atoms with E-state index in [1.54, 1.807) is 11.8 Å². The number of aromatic nitrogens is 1. The second kappa shape index (κ2) is 10.4. The van der Waals surface area contributed by atoms with Crippen LogP contribution in [-0.4, -0.2) is 28.6 Å². The SMILES string of the molecule is Cc1noc(C)c1CSc1ccccc1C(=O)Nc1ccc(CN2CCCCC2C)cc1. The van der Waals surface area contributed by atoms with Gasteiger partial charge in [-0.25, -0.2) is 0 Å². The molecular formula is C26H31N3O2S. The van der Waals surface area contributed by atoms with Crippen LogP contribution in [0.25, 0.3) is 0 Å². The van der Waals surface area contributed by atoms with Gasteiger partial charge in [-0.2, -0.15) is 0 Å². The number of hydrogen-bond acceptors (Lipinski definition) is 5. The topological polar surface area (TPSA) is 58.4 Å². The summed E-state index contributed by atoms with van der Waals surface area (Å²) < 4.78 is 5.26. The molecular weight excluding hydrogens is 418 g/mol. The lowest BCUT2D eigenvalue weighted by Gasteiger charge is -2.33. The standard InChI is InChI=1S/C26H31N3O2S/c1-18-8-6-7-15-29(18)16-21-11-13-22(14-12-21)27-26(30)23-9-4-5-10-25(23)32-17-24-19(2)28-31-20(24)3/h4-5,9-14,18H,6-8,15-17H2,1-3H3,(H,27,30). The van der Waals surface area contributed by atoms with Crippen molar-refractivity contribution < 1.29 is 9.32 Å². The maximum atomic E-state index is 13.0. The Bertz CT molecular complexity index is 1040. The van der Waals surface area contributed by atoms with Crippen molar-refractivity contribution in [1.82, 2.24) is 10.1 Å². The van der Waals surface area contributed by atoms with Crippen molar-refractivity contribution in [3.63, 3.8) is 0 Å². The number of thioether (sulfide) groups is 1. The number of aryl methyl sites for hydroxylation is 2. The molecule has 0 radical (unpaired) electrons. The molecule has 1 aliphatic heterocycles. The molecule has 2 heterocycles. The number of piperidine rings is 1. The molecule has 0 spiro atoms. The van der Waals surface area contributed by atoms with Crippen molar-refractivity contribution in [2.24, 2.45) is 0 Å². The van der Waals surface area contributed by atoms with Gasteiger partial charge in [-0.05, 0) is 70.0 Å². The van der Waals surface area contributed by atoms with Gasteiger partial charge in [-0.15, -0.1) is 11.8 Å². The van der Waals surface area contributed by atoms with Crippen LogP contribution in [0.3, 0.4) is 0 Å². The van der Waals surface area contributed by atoms with E-state index in [4.69, 9.17) is 4.52 Å². The Morgan fingerprint density at radius 3 is 2.66 bits per heavy atom. The Hall–Kier alpha value is -2.57. The lowest BCUT2D eigenvalue weighted by atomic mass is 10.0. The van der Waals surface area contributed by atoms with Crippen LogP contribution >= 0.6 is 11.8 Å². The lowest BCUT2D eigenvalue weighted by molar-refractivity contribution is 0.102. The van der Waals surface area contributed by atoms with Gasteiger partial charge in [0.1, 0.15) is 5.76 Å². The first-order chi connectivity index (χ1) is 15.5. The third kappa shape index (κ3) is 5.43. The minimum atomic E-state index is -0.0933. The summed E-state index contributed by atoms with van der Waals surface area (Å²) in [4.78, 5) is 16.5. The highest BCUT2D eigenvalue weighted by Gasteiger charge is 2.18. The normalized spacial score (nSPS) is 16.8. The first kappa shape index (κ1) is 22.6. The van der Waals surface area contributed by atoms with Crippen molar-refractivity contribution in [2.45, 2.75) is 63.3 Å². The summed E-state index contributed by atoms with van der Waals surface area (Å²) in [5.74, 6) is 1.45. The molecule has 1 aromatic heterocycles. The minimum Gasteiger partial charge on any atom is -0.361 e. The summed E-state index contributed by atoms with van der Waals surface area (Å²) in [6.07, 6.45) is 3.90. The predicted octanol–water partition coefficient (Wildman–Crippen LogP) is 6.21. The van der Waals surface area contributed by atoms with Crippen LogP contribution in [0.5, 0.6) is 0 Å². The first-order valence-electron chi connectivity index (χ1n) is 11.3. The predicted molar refractivity (Wildman–Crippen MR) is 130 cm³/mol. The number of likely N-dealkylation sites (tertiary alicyclic amines) is 1. The number of carbonyl (C=O) groups excluding carboxylic acids is 1. The molecule has 1 aliphatic rings. The number of benzene rings is 2. The quantitative estimate of drug-likeness (QED) is 0.435. The Morgan fingerprint density at radius 2 is 1.94 bits per heavy atom. The molecule has 1 amide bonds. The van der Waals surface area contributed by atoms with Crippen LogP contribution in [0.1, 0.15) is 59.1 Å². The number of anilines is 1. The van der Waals surface area contributed by atoms with E-state index in [0.717, 1.165) is 39.9 Å². The van der Waals surface area contributed by atoms with E-state index in [0.29, 0.717) is 11.6 Å². The lowest BCUT2D eigenvalue weighted by Crippen LogP contribution is -2.36. The Morgan fingerprint density at radius 1 is 1.16 bits per heavy atom. The fourth-order valence-electron chi connectivity index (χ4n) is 4.16. The zero-order valence-corrected chi connectivity index (χ0v) is 19.9. The number of nitrogens with one attached hydrogen (secondary N) is 1. The largest absolute Gasteiger partial charge is 0.361 e. The van der Waals surface area contributed by atoms with Gasteiger partial charge in [-0.1, -0.05) is 35.8 Å². The number of nitrogens with zero attached hydrogens (tertiary/aromatic N) is 2. The second-order valence-electron chi connectivity index (χ2n) is 8.55. The van der Waals surface area contributed by atoms with Crippen molar-refractivity contribution in [3.05, 3.63) is 76.7 Å². The van der Waals surface area contributed by atoms with Crippen molar-refractivity contribution >= 4 is 23.4 Å². The molecule has 5 nitrogen and oxygen atoms in total. The summed E-state index contributed by atoms with van der Waals surface area (Å²) in [6, 6.07) is 16.6. The van der Waals surface area contributed by atoms with Crippen molar-refractivity contribution in [2.75, 3.05) is 11.9 Å². The smallest absolute Gasteiger partial charge is 0.256 e. The Kier molecular flexibility index (Phi) is 7.33. The molecule has 1 fully saturated rings. The maximum Gasteiger partial charge on any atom is 0.256 e. The highest BCUT2D eigenvalue weighted by atomic mass is 32.2. The number of amides is 1. The monoisotopic (exact) mass is 449 g/mol. The number of rotatable bonds is 7. The molecule has 0 aliphatic carbocycles. The van der Waals surface area contributed by atoms with Crippen molar-refractivity contribution in [1.29, 1.82) is 0 Å². The van der Waals surface area contributed by atoms with Crippen LogP contribution in [0.15, 0.2) is 57.9 Å². The molecule has 1 unspecified atom stereocenters. The average Bonchev–Trinajstić information content (AvgIpc) is 3.12. The van der Waals surface area contributed by atoms with E-state index >= 15 is 0 Å². The van der Waals surface area contributed by atoms with Gasteiger partial charge in [0.2, 0.25) is 0 Å². The van der Waals surface area contributed by atoms with E-state index in [2.05, 4.69) is 34.4 Å². The molecule has 0 bridgehead atoms. The van der Waals surface area contributed by atoms with E-state index in [9.17, 15) is 4.79 Å². The van der Waals surface area contributed by atoms with Gasteiger partial charge in [0.15, 0.2) is 0 Å². The summed E-state index contributed by atoms with van der Waals surface area (Å²) in [7, 11) is 0. The van der Waals surface area contributed by atoms with Gasteiger partial charge in [0, 0.05) is 34.5 Å². The summed E-state index contributed by atoms with van der Waals surface area (Å²) in [5.41, 5.74) is 4.76. The summed E-state index contributed by atoms with van der Waals surface area (Å²) >= 11 is 1.63. The average molecular weight is 450 g/mol. The van der Waals surface area contributed by atoms with Crippen LogP contribution in [0, 0.1) is 13.8 Å². The molecule has 1 saturated heterocycles. The van der Waals surface area contributed by atoms with Gasteiger partial charge in [-0.3, -0.25) is 9.69 Å². The number of hydrogen-bond donors (Lipinski definition) is 1. The fourth-order valence-corrected chi connectivity index (χ4v) is 5.36. The molecule has 6 heteroatoms. The maximum absolute atomic E-state index is 13.0. The zero-order chi connectivity index (χ0) is 22.5. The molecule has 1 N–H and O–H groups in total. The highest BCUT2D eigenvalue weighted by molar-refractivity contribution is 7.98. The molecule has 168 valence electrons. The summed E-state index contributed by atoms with van der Waals surface area (Å²) in [6.45, 7) is 8.32. The third-order valence-electron chi connectivity index (χ3n) is 6.22. The molecule has 32 heavy (non-hydrogen) atoms. The molecule has 3 aromatic rings. The minimum absolute atomic E-state index is 0.0933. The van der Waals surface area contributed by atoms with Gasteiger partial charge in [0.25, 0.3) is 5.91 Å². The fraction of sp³-hybridized carbons (Fsp3) is 0.385. The van der Waals surface area contributed by atoms with Gasteiger partial charge >= 0.3 is 0 Å². The first-order valence-corrected chi connectivity index (χ1v) is 12.3. The third-order valence-corrected chi connectivity index (χ3v) is 7.32. The molecule has 1 atom stereocenters.